The van der Waals surface area contributed by atoms with Gasteiger partial charge in [-0.05, 0) is 32.1 Å². The first-order valence-corrected chi connectivity index (χ1v) is 6.85. The Bertz CT molecular complexity index is 337. The number of carbonyl (C=O) groups is 1. The predicted octanol–water partition coefficient (Wildman–Crippen LogP) is 1.27. The largest absolute Gasteiger partial charge is 0.466 e. The lowest BCUT2D eigenvalue weighted by atomic mass is 9.66. The molecule has 0 amide bonds. The Morgan fingerprint density at radius 1 is 1.50 bits per heavy atom. The summed E-state index contributed by atoms with van der Waals surface area (Å²) in [6.07, 6.45) is 5.25. The molecule has 0 saturated heterocycles. The SMILES string of the molecule is CCOC(=O)C1[C@@H](CO)[C@H](O)C=C2CCCC[C@@H]21. The van der Waals surface area contributed by atoms with E-state index in [4.69, 9.17) is 4.74 Å². The number of esters is 1. The summed E-state index contributed by atoms with van der Waals surface area (Å²) in [5, 5.41) is 19.5. The van der Waals surface area contributed by atoms with Crippen LogP contribution in [-0.2, 0) is 9.53 Å². The van der Waals surface area contributed by atoms with Crippen molar-refractivity contribution in [1.82, 2.24) is 0 Å². The summed E-state index contributed by atoms with van der Waals surface area (Å²) in [7, 11) is 0. The summed E-state index contributed by atoms with van der Waals surface area (Å²) in [4.78, 5) is 12.1. The van der Waals surface area contributed by atoms with Gasteiger partial charge in [-0.15, -0.1) is 0 Å². The van der Waals surface area contributed by atoms with Crippen LogP contribution in [0.1, 0.15) is 32.6 Å². The van der Waals surface area contributed by atoms with E-state index in [1.165, 1.54) is 5.57 Å². The molecule has 0 heterocycles. The summed E-state index contributed by atoms with van der Waals surface area (Å²) in [6, 6.07) is 0. The summed E-state index contributed by atoms with van der Waals surface area (Å²) in [6.45, 7) is 1.95. The van der Waals surface area contributed by atoms with Crippen molar-refractivity contribution in [1.29, 1.82) is 0 Å². The summed E-state index contributed by atoms with van der Waals surface area (Å²) in [5.74, 6) is -0.924. The predicted molar refractivity (Wildman–Crippen MR) is 66.7 cm³/mol. The van der Waals surface area contributed by atoms with Gasteiger partial charge in [0, 0.05) is 12.5 Å². The molecule has 2 rings (SSSR count). The topological polar surface area (TPSA) is 66.8 Å². The third kappa shape index (κ3) is 2.45. The molecule has 0 aliphatic heterocycles. The number of aliphatic hydroxyl groups is 2. The Labute approximate surface area is 108 Å². The van der Waals surface area contributed by atoms with Crippen LogP contribution >= 0.6 is 0 Å². The van der Waals surface area contributed by atoms with E-state index in [9.17, 15) is 15.0 Å². The average molecular weight is 254 g/mol. The minimum Gasteiger partial charge on any atom is -0.466 e. The van der Waals surface area contributed by atoms with Gasteiger partial charge in [-0.25, -0.2) is 0 Å². The van der Waals surface area contributed by atoms with E-state index in [0.717, 1.165) is 25.7 Å². The van der Waals surface area contributed by atoms with Crippen LogP contribution in [-0.4, -0.2) is 35.5 Å². The third-order valence-corrected chi connectivity index (χ3v) is 4.19. The first-order chi connectivity index (χ1) is 8.69. The maximum atomic E-state index is 12.1. The van der Waals surface area contributed by atoms with E-state index in [-0.39, 0.29) is 24.4 Å². The van der Waals surface area contributed by atoms with Crippen molar-refractivity contribution in [3.8, 4) is 0 Å². The maximum absolute atomic E-state index is 12.1. The van der Waals surface area contributed by atoms with Crippen molar-refractivity contribution in [2.75, 3.05) is 13.2 Å². The highest BCUT2D eigenvalue weighted by atomic mass is 16.5. The van der Waals surface area contributed by atoms with Crippen LogP contribution < -0.4 is 0 Å². The van der Waals surface area contributed by atoms with E-state index < -0.39 is 12.0 Å². The molecule has 1 saturated carbocycles. The van der Waals surface area contributed by atoms with Crippen LogP contribution in [0.3, 0.4) is 0 Å². The molecule has 0 aromatic heterocycles. The summed E-state index contributed by atoms with van der Waals surface area (Å²) >= 11 is 0. The maximum Gasteiger partial charge on any atom is 0.310 e. The van der Waals surface area contributed by atoms with Gasteiger partial charge in [-0.1, -0.05) is 18.1 Å². The Balaban J connectivity index is 2.26. The molecule has 4 heteroatoms. The summed E-state index contributed by atoms with van der Waals surface area (Å²) < 4.78 is 5.12. The molecule has 4 nitrogen and oxygen atoms in total. The lowest BCUT2D eigenvalue weighted by Crippen LogP contribution is -2.44. The zero-order valence-electron chi connectivity index (χ0n) is 10.8. The molecule has 2 N–H and O–H groups in total. The van der Waals surface area contributed by atoms with Gasteiger partial charge < -0.3 is 14.9 Å². The fourth-order valence-electron chi connectivity index (χ4n) is 3.33. The molecule has 0 spiro atoms. The van der Waals surface area contributed by atoms with Gasteiger partial charge >= 0.3 is 5.97 Å². The Hall–Kier alpha value is -0.870. The highest BCUT2D eigenvalue weighted by Crippen LogP contribution is 2.43. The lowest BCUT2D eigenvalue weighted by Gasteiger charge is -2.40. The molecule has 0 aromatic rings. The van der Waals surface area contributed by atoms with E-state index in [1.54, 1.807) is 6.92 Å². The average Bonchev–Trinajstić information content (AvgIpc) is 2.37. The molecular formula is C14H22O4. The van der Waals surface area contributed by atoms with Crippen LogP contribution in [0.25, 0.3) is 0 Å². The molecule has 1 unspecified atom stereocenters. The van der Waals surface area contributed by atoms with Gasteiger partial charge in [-0.2, -0.15) is 0 Å². The van der Waals surface area contributed by atoms with Crippen molar-refractivity contribution >= 4 is 5.97 Å². The smallest absolute Gasteiger partial charge is 0.310 e. The minimum absolute atomic E-state index is 0.151. The fraction of sp³-hybridized carbons (Fsp3) is 0.786. The number of hydrogen-bond acceptors (Lipinski definition) is 4. The number of carbonyl (C=O) groups excluding carboxylic acids is 1. The molecular weight excluding hydrogens is 232 g/mol. The van der Waals surface area contributed by atoms with Gasteiger partial charge in [0.2, 0.25) is 0 Å². The zero-order chi connectivity index (χ0) is 13.1. The molecule has 2 aliphatic carbocycles. The second-order valence-corrected chi connectivity index (χ2v) is 5.21. The van der Waals surface area contributed by atoms with Crippen molar-refractivity contribution < 1.29 is 19.7 Å². The van der Waals surface area contributed by atoms with Gasteiger partial charge in [0.15, 0.2) is 0 Å². The van der Waals surface area contributed by atoms with Crippen molar-refractivity contribution in [3.05, 3.63) is 11.6 Å². The molecule has 0 aromatic carbocycles. The third-order valence-electron chi connectivity index (χ3n) is 4.19. The number of aliphatic hydroxyl groups excluding tert-OH is 2. The van der Waals surface area contributed by atoms with Crippen molar-refractivity contribution in [3.63, 3.8) is 0 Å². The second kappa shape index (κ2) is 5.85. The molecule has 4 atom stereocenters. The van der Waals surface area contributed by atoms with Crippen LogP contribution in [0.2, 0.25) is 0 Å². The number of ether oxygens (including phenoxy) is 1. The van der Waals surface area contributed by atoms with E-state index >= 15 is 0 Å². The van der Waals surface area contributed by atoms with Crippen LogP contribution in [0.4, 0.5) is 0 Å². The normalized spacial score (nSPS) is 35.6. The number of allylic oxidation sites excluding steroid dienone is 1. The highest BCUT2D eigenvalue weighted by molar-refractivity contribution is 5.74. The fourth-order valence-corrected chi connectivity index (χ4v) is 3.33. The molecule has 2 aliphatic rings. The summed E-state index contributed by atoms with van der Waals surface area (Å²) in [5.41, 5.74) is 1.18. The first-order valence-electron chi connectivity index (χ1n) is 6.85. The lowest BCUT2D eigenvalue weighted by molar-refractivity contribution is -0.155. The number of hydrogen-bond donors (Lipinski definition) is 2. The van der Waals surface area contributed by atoms with Crippen molar-refractivity contribution in [2.24, 2.45) is 17.8 Å². The van der Waals surface area contributed by atoms with Crippen LogP contribution in [0.5, 0.6) is 0 Å². The van der Waals surface area contributed by atoms with Gasteiger partial charge in [0.1, 0.15) is 0 Å². The number of rotatable bonds is 3. The minimum atomic E-state index is -0.728. The van der Waals surface area contributed by atoms with Gasteiger partial charge in [0.25, 0.3) is 0 Å². The highest BCUT2D eigenvalue weighted by Gasteiger charge is 2.44. The first kappa shape index (κ1) is 13.6. The monoisotopic (exact) mass is 254 g/mol. The number of fused-ring (bicyclic) bond motifs is 1. The van der Waals surface area contributed by atoms with Crippen LogP contribution in [0.15, 0.2) is 11.6 Å². The quantitative estimate of drug-likeness (QED) is 0.588. The van der Waals surface area contributed by atoms with Gasteiger partial charge in [-0.3, -0.25) is 4.79 Å². The molecule has 0 radical (unpaired) electrons. The standard InChI is InChI=1S/C14H22O4/c1-2-18-14(17)13-10-6-4-3-5-9(10)7-12(16)11(13)8-15/h7,10-13,15-16H,2-6,8H2,1H3/t10-,11-,12+,13?/m0/s1. The van der Waals surface area contributed by atoms with E-state index in [0.29, 0.717) is 6.61 Å². The molecule has 18 heavy (non-hydrogen) atoms. The van der Waals surface area contributed by atoms with Gasteiger partial charge in [0.05, 0.1) is 18.6 Å². The van der Waals surface area contributed by atoms with Crippen molar-refractivity contribution in [2.45, 2.75) is 38.7 Å². The van der Waals surface area contributed by atoms with Crippen LogP contribution in [0, 0.1) is 17.8 Å². The zero-order valence-corrected chi connectivity index (χ0v) is 10.8. The van der Waals surface area contributed by atoms with E-state index in [2.05, 4.69) is 0 Å². The second-order valence-electron chi connectivity index (χ2n) is 5.21. The molecule has 102 valence electrons. The Kier molecular flexibility index (Phi) is 4.40. The molecule has 0 bridgehead atoms. The Morgan fingerprint density at radius 2 is 2.28 bits per heavy atom. The van der Waals surface area contributed by atoms with E-state index in [1.807, 2.05) is 6.08 Å². The molecule has 1 fully saturated rings. The Morgan fingerprint density at radius 3 is 2.94 bits per heavy atom.